The van der Waals surface area contributed by atoms with Crippen molar-refractivity contribution in [1.82, 2.24) is 4.98 Å². The van der Waals surface area contributed by atoms with Gasteiger partial charge in [-0.15, -0.1) is 0 Å². The van der Waals surface area contributed by atoms with Gasteiger partial charge in [-0.1, -0.05) is 32.0 Å². The third-order valence-corrected chi connectivity index (χ3v) is 4.16. The fourth-order valence-electron chi connectivity index (χ4n) is 2.90. The van der Waals surface area contributed by atoms with Gasteiger partial charge in [0.1, 0.15) is 5.75 Å². The maximum absolute atomic E-state index is 11.3. The van der Waals surface area contributed by atoms with Gasteiger partial charge in [0.2, 0.25) is 0 Å². The Morgan fingerprint density at radius 1 is 1.14 bits per heavy atom. The zero-order valence-corrected chi connectivity index (χ0v) is 12.9. The number of methoxy groups -OCH3 is 1. The molecule has 0 radical (unpaired) electrons. The van der Waals surface area contributed by atoms with E-state index in [2.05, 4.69) is 11.9 Å². The summed E-state index contributed by atoms with van der Waals surface area (Å²) in [6.45, 7) is 4.10. The summed E-state index contributed by atoms with van der Waals surface area (Å²) < 4.78 is 5.19. The summed E-state index contributed by atoms with van der Waals surface area (Å²) in [5.74, 6) is 0.764. The topological polar surface area (TPSA) is 42.4 Å². The van der Waals surface area contributed by atoms with Crippen molar-refractivity contribution in [1.29, 1.82) is 0 Å². The number of aliphatic hydroxyl groups is 1. The van der Waals surface area contributed by atoms with E-state index >= 15 is 0 Å². The molecule has 1 N–H and O–H groups in total. The average molecular weight is 285 g/mol. The molecule has 1 aromatic carbocycles. The molecule has 3 nitrogen and oxygen atoms in total. The molecule has 21 heavy (non-hydrogen) atoms. The molecular weight excluding hydrogens is 262 g/mol. The van der Waals surface area contributed by atoms with Crippen LogP contribution in [0.25, 0.3) is 0 Å². The Hall–Kier alpha value is -1.87. The highest BCUT2D eigenvalue weighted by Crippen LogP contribution is 2.41. The lowest BCUT2D eigenvalue weighted by Gasteiger charge is -2.35. The molecule has 112 valence electrons. The van der Waals surface area contributed by atoms with Crippen LogP contribution in [0.5, 0.6) is 5.75 Å². The second-order valence-electron chi connectivity index (χ2n) is 5.22. The van der Waals surface area contributed by atoms with Gasteiger partial charge in [0, 0.05) is 17.8 Å². The second-order valence-corrected chi connectivity index (χ2v) is 5.22. The zero-order chi connectivity index (χ0) is 15.3. The third kappa shape index (κ3) is 3.08. The number of nitrogens with zero attached hydrogens (tertiary/aromatic N) is 1. The van der Waals surface area contributed by atoms with Gasteiger partial charge in [-0.2, -0.15) is 0 Å². The van der Waals surface area contributed by atoms with Crippen molar-refractivity contribution in [2.75, 3.05) is 7.11 Å². The van der Waals surface area contributed by atoms with Gasteiger partial charge in [-0.05, 0) is 42.7 Å². The molecule has 0 spiro atoms. The summed E-state index contributed by atoms with van der Waals surface area (Å²) in [6, 6.07) is 13.5. The van der Waals surface area contributed by atoms with E-state index in [1.54, 1.807) is 13.3 Å². The maximum Gasteiger partial charge on any atom is 0.118 e. The molecule has 0 aliphatic carbocycles. The van der Waals surface area contributed by atoms with E-state index in [-0.39, 0.29) is 5.92 Å². The molecule has 3 heteroatoms. The van der Waals surface area contributed by atoms with Crippen LogP contribution in [-0.4, -0.2) is 17.2 Å². The fraction of sp³-hybridized carbons (Fsp3) is 0.389. The molecule has 0 amide bonds. The van der Waals surface area contributed by atoms with Gasteiger partial charge in [-0.3, -0.25) is 4.98 Å². The van der Waals surface area contributed by atoms with Gasteiger partial charge in [-0.25, -0.2) is 0 Å². The largest absolute Gasteiger partial charge is 0.497 e. The van der Waals surface area contributed by atoms with Gasteiger partial charge in [0.25, 0.3) is 0 Å². The van der Waals surface area contributed by atoms with Crippen LogP contribution in [0.15, 0.2) is 48.7 Å². The van der Waals surface area contributed by atoms with E-state index in [1.165, 1.54) is 0 Å². The Kier molecular flexibility index (Phi) is 4.97. The Balaban J connectivity index is 2.42. The number of hydrogen-bond acceptors (Lipinski definition) is 3. The first-order valence-electron chi connectivity index (χ1n) is 7.43. The first-order valence-corrected chi connectivity index (χ1v) is 7.43. The van der Waals surface area contributed by atoms with Crippen molar-refractivity contribution in [3.05, 3.63) is 59.9 Å². The molecule has 1 heterocycles. The summed E-state index contributed by atoms with van der Waals surface area (Å²) in [5, 5.41) is 11.3. The van der Waals surface area contributed by atoms with Crippen LogP contribution >= 0.6 is 0 Å². The highest BCUT2D eigenvalue weighted by molar-refractivity contribution is 5.33. The van der Waals surface area contributed by atoms with E-state index in [1.807, 2.05) is 49.4 Å². The quantitative estimate of drug-likeness (QED) is 0.875. The molecular formula is C18H23NO2. The number of ether oxygens (including phenoxy) is 1. The van der Waals surface area contributed by atoms with Crippen LogP contribution in [0.1, 0.15) is 43.9 Å². The first-order chi connectivity index (χ1) is 10.2. The summed E-state index contributed by atoms with van der Waals surface area (Å²) in [7, 11) is 1.64. The van der Waals surface area contributed by atoms with Crippen molar-refractivity contribution >= 4 is 0 Å². The van der Waals surface area contributed by atoms with Crippen LogP contribution in [0.4, 0.5) is 0 Å². The molecule has 0 saturated carbocycles. The molecule has 1 aromatic heterocycles. The molecule has 2 rings (SSSR count). The van der Waals surface area contributed by atoms with Crippen LogP contribution < -0.4 is 4.74 Å². The van der Waals surface area contributed by atoms with Crippen LogP contribution in [0.2, 0.25) is 0 Å². The van der Waals surface area contributed by atoms with Gasteiger partial charge in [0.15, 0.2) is 0 Å². The Bertz CT molecular complexity index is 553. The standard InChI is InChI=1S/C18H23NO2/c1-4-16(17-8-6-7-13-19-17)18(20,5-2)14-9-11-15(21-3)12-10-14/h6-13,16,20H,4-5H2,1-3H3/t16-,18+/m1/s1. The maximum atomic E-state index is 11.3. The molecule has 2 atom stereocenters. The second kappa shape index (κ2) is 6.72. The zero-order valence-electron chi connectivity index (χ0n) is 12.9. The van der Waals surface area contributed by atoms with Crippen molar-refractivity contribution in [3.8, 4) is 5.75 Å². The van der Waals surface area contributed by atoms with Crippen molar-refractivity contribution in [2.45, 2.75) is 38.2 Å². The SMILES string of the molecule is CC[C@H](c1ccccn1)[C@](O)(CC)c1ccc(OC)cc1. The number of pyridine rings is 1. The van der Waals surface area contributed by atoms with Crippen LogP contribution in [0.3, 0.4) is 0 Å². The van der Waals surface area contributed by atoms with Crippen molar-refractivity contribution in [3.63, 3.8) is 0 Å². The van der Waals surface area contributed by atoms with E-state index in [4.69, 9.17) is 4.74 Å². The summed E-state index contributed by atoms with van der Waals surface area (Å²) in [6.07, 6.45) is 3.24. The summed E-state index contributed by atoms with van der Waals surface area (Å²) in [4.78, 5) is 4.44. The minimum absolute atomic E-state index is 0.0305. The lowest BCUT2D eigenvalue weighted by molar-refractivity contribution is 0.000160. The van der Waals surface area contributed by atoms with Gasteiger partial charge in [0.05, 0.1) is 12.7 Å². The third-order valence-electron chi connectivity index (χ3n) is 4.16. The van der Waals surface area contributed by atoms with Gasteiger partial charge >= 0.3 is 0 Å². The number of rotatable bonds is 6. The number of hydrogen-bond donors (Lipinski definition) is 1. The minimum atomic E-state index is -0.921. The smallest absolute Gasteiger partial charge is 0.118 e. The molecule has 0 fully saturated rings. The van der Waals surface area contributed by atoms with E-state index in [9.17, 15) is 5.11 Å². The minimum Gasteiger partial charge on any atom is -0.497 e. The van der Waals surface area contributed by atoms with E-state index in [0.29, 0.717) is 6.42 Å². The van der Waals surface area contributed by atoms with Gasteiger partial charge < -0.3 is 9.84 Å². The number of aromatic nitrogens is 1. The predicted molar refractivity (Wildman–Crippen MR) is 84.5 cm³/mol. The number of benzene rings is 1. The monoisotopic (exact) mass is 285 g/mol. The van der Waals surface area contributed by atoms with E-state index in [0.717, 1.165) is 23.4 Å². The first kappa shape index (κ1) is 15.5. The average Bonchev–Trinajstić information content (AvgIpc) is 2.56. The predicted octanol–water partition coefficient (Wildman–Crippen LogP) is 3.88. The highest BCUT2D eigenvalue weighted by Gasteiger charge is 2.37. The van der Waals surface area contributed by atoms with Crippen molar-refractivity contribution < 1.29 is 9.84 Å². The van der Waals surface area contributed by atoms with Crippen molar-refractivity contribution in [2.24, 2.45) is 0 Å². The summed E-state index contributed by atoms with van der Waals surface area (Å²) >= 11 is 0. The summed E-state index contributed by atoms with van der Waals surface area (Å²) in [5.41, 5.74) is 0.915. The Morgan fingerprint density at radius 3 is 2.33 bits per heavy atom. The lowest BCUT2D eigenvalue weighted by Crippen LogP contribution is -2.33. The fourth-order valence-corrected chi connectivity index (χ4v) is 2.90. The molecule has 0 bridgehead atoms. The van der Waals surface area contributed by atoms with E-state index < -0.39 is 5.60 Å². The lowest BCUT2D eigenvalue weighted by atomic mass is 9.76. The molecule has 0 unspecified atom stereocenters. The molecule has 0 aliphatic heterocycles. The Labute approximate surface area is 126 Å². The van der Waals surface area contributed by atoms with Crippen LogP contribution in [-0.2, 0) is 5.60 Å². The molecule has 0 aliphatic rings. The highest BCUT2D eigenvalue weighted by atomic mass is 16.5. The molecule has 0 saturated heterocycles. The Morgan fingerprint density at radius 2 is 1.86 bits per heavy atom. The molecule has 2 aromatic rings. The normalized spacial score (nSPS) is 15.2. The van der Waals surface area contributed by atoms with Crippen LogP contribution in [0, 0.1) is 0 Å².